The minimum atomic E-state index is 0.358. The third-order valence-corrected chi connectivity index (χ3v) is 4.39. The van der Waals surface area contributed by atoms with Crippen LogP contribution in [0.2, 0.25) is 0 Å². The summed E-state index contributed by atoms with van der Waals surface area (Å²) in [5, 5.41) is 4.05. The van der Waals surface area contributed by atoms with E-state index >= 15 is 0 Å². The molecule has 0 aromatic carbocycles. The van der Waals surface area contributed by atoms with Crippen LogP contribution in [0.3, 0.4) is 0 Å². The van der Waals surface area contributed by atoms with Crippen LogP contribution in [0, 0.1) is 13.8 Å². The molecule has 0 fully saturated rings. The highest BCUT2D eigenvalue weighted by Gasteiger charge is 2.29. The van der Waals surface area contributed by atoms with Crippen LogP contribution in [-0.4, -0.2) is 39.4 Å². The lowest BCUT2D eigenvalue weighted by Crippen LogP contribution is -2.36. The molecule has 0 saturated heterocycles. The molecule has 120 valence electrons. The SMILES string of the molecule is CCOCC1CN(Cc2c(C)noc2C)Cc2ncn(C)c21. The Morgan fingerprint density at radius 1 is 1.41 bits per heavy atom. The van der Waals surface area contributed by atoms with Crippen LogP contribution < -0.4 is 0 Å². The van der Waals surface area contributed by atoms with Crippen molar-refractivity contribution in [3.8, 4) is 0 Å². The van der Waals surface area contributed by atoms with Crippen molar-refractivity contribution in [1.82, 2.24) is 19.6 Å². The van der Waals surface area contributed by atoms with Crippen molar-refractivity contribution >= 4 is 0 Å². The zero-order valence-electron chi connectivity index (χ0n) is 13.8. The Morgan fingerprint density at radius 3 is 2.91 bits per heavy atom. The van der Waals surface area contributed by atoms with Crippen molar-refractivity contribution in [1.29, 1.82) is 0 Å². The normalized spacial score (nSPS) is 18.6. The van der Waals surface area contributed by atoms with Gasteiger partial charge in [-0.3, -0.25) is 4.90 Å². The van der Waals surface area contributed by atoms with E-state index in [2.05, 4.69) is 26.7 Å². The molecule has 0 radical (unpaired) electrons. The van der Waals surface area contributed by atoms with Gasteiger partial charge in [-0.2, -0.15) is 0 Å². The van der Waals surface area contributed by atoms with E-state index in [1.807, 2.05) is 27.1 Å². The van der Waals surface area contributed by atoms with Gasteiger partial charge in [0.15, 0.2) is 0 Å². The summed E-state index contributed by atoms with van der Waals surface area (Å²) in [6.45, 7) is 10.2. The van der Waals surface area contributed by atoms with E-state index in [9.17, 15) is 0 Å². The monoisotopic (exact) mass is 304 g/mol. The van der Waals surface area contributed by atoms with Gasteiger partial charge in [0.2, 0.25) is 0 Å². The Kier molecular flexibility index (Phi) is 4.31. The van der Waals surface area contributed by atoms with Crippen LogP contribution in [0.4, 0.5) is 0 Å². The molecule has 0 aliphatic carbocycles. The third kappa shape index (κ3) is 2.80. The fraction of sp³-hybridized carbons (Fsp3) is 0.625. The zero-order valence-corrected chi connectivity index (χ0v) is 13.8. The summed E-state index contributed by atoms with van der Waals surface area (Å²) in [6, 6.07) is 0. The lowest BCUT2D eigenvalue weighted by molar-refractivity contribution is 0.102. The van der Waals surface area contributed by atoms with Crippen molar-refractivity contribution in [3.05, 3.63) is 34.7 Å². The molecule has 0 amide bonds. The summed E-state index contributed by atoms with van der Waals surface area (Å²) in [4.78, 5) is 6.97. The number of ether oxygens (including phenoxy) is 1. The Balaban J connectivity index is 1.81. The maximum Gasteiger partial charge on any atom is 0.138 e. The standard InChI is InChI=1S/C16H24N4O2/c1-5-21-9-13-6-20(7-14-11(2)18-22-12(14)3)8-15-16(13)19(4)10-17-15/h10,13H,5-9H2,1-4H3. The molecular formula is C16H24N4O2. The Hall–Kier alpha value is -1.66. The number of hydrogen-bond acceptors (Lipinski definition) is 5. The van der Waals surface area contributed by atoms with Crippen LogP contribution in [0.25, 0.3) is 0 Å². The fourth-order valence-corrected chi connectivity index (χ4v) is 3.27. The van der Waals surface area contributed by atoms with Crippen molar-refractivity contribution in [2.24, 2.45) is 7.05 Å². The topological polar surface area (TPSA) is 56.3 Å². The third-order valence-electron chi connectivity index (χ3n) is 4.39. The molecule has 6 nitrogen and oxygen atoms in total. The molecule has 0 saturated carbocycles. The molecule has 6 heteroatoms. The van der Waals surface area contributed by atoms with Gasteiger partial charge in [-0.1, -0.05) is 5.16 Å². The molecule has 2 aromatic rings. The molecule has 3 heterocycles. The number of hydrogen-bond donors (Lipinski definition) is 0. The predicted octanol–water partition coefficient (Wildman–Crippen LogP) is 2.16. The van der Waals surface area contributed by atoms with Gasteiger partial charge in [0.05, 0.1) is 24.3 Å². The van der Waals surface area contributed by atoms with Crippen molar-refractivity contribution in [2.45, 2.75) is 39.8 Å². The largest absolute Gasteiger partial charge is 0.381 e. The number of aryl methyl sites for hydroxylation is 3. The smallest absolute Gasteiger partial charge is 0.138 e. The average molecular weight is 304 g/mol. The highest BCUT2D eigenvalue weighted by molar-refractivity contribution is 5.24. The summed E-state index contributed by atoms with van der Waals surface area (Å²) in [5.41, 5.74) is 4.63. The van der Waals surface area contributed by atoms with E-state index in [1.165, 1.54) is 11.3 Å². The zero-order chi connectivity index (χ0) is 15.7. The van der Waals surface area contributed by atoms with Crippen LogP contribution >= 0.6 is 0 Å². The molecule has 3 rings (SSSR count). The average Bonchev–Trinajstić information content (AvgIpc) is 3.02. The van der Waals surface area contributed by atoms with Gasteiger partial charge in [-0.05, 0) is 20.8 Å². The summed E-state index contributed by atoms with van der Waals surface area (Å²) in [5.74, 6) is 1.27. The van der Waals surface area contributed by atoms with E-state index in [0.29, 0.717) is 5.92 Å². The number of nitrogens with zero attached hydrogens (tertiary/aromatic N) is 4. The molecule has 22 heavy (non-hydrogen) atoms. The highest BCUT2D eigenvalue weighted by Crippen LogP contribution is 2.29. The lowest BCUT2D eigenvalue weighted by atomic mass is 9.98. The van der Waals surface area contributed by atoms with E-state index in [1.54, 1.807) is 0 Å². The van der Waals surface area contributed by atoms with Crippen molar-refractivity contribution in [2.75, 3.05) is 19.8 Å². The highest BCUT2D eigenvalue weighted by atomic mass is 16.5. The van der Waals surface area contributed by atoms with Gasteiger partial charge in [-0.25, -0.2) is 4.98 Å². The van der Waals surface area contributed by atoms with Crippen LogP contribution in [0.5, 0.6) is 0 Å². The van der Waals surface area contributed by atoms with Gasteiger partial charge in [0.25, 0.3) is 0 Å². The molecule has 1 atom stereocenters. The second kappa shape index (κ2) is 6.22. The van der Waals surface area contributed by atoms with Gasteiger partial charge in [-0.15, -0.1) is 0 Å². The van der Waals surface area contributed by atoms with E-state index in [0.717, 1.165) is 50.0 Å². The molecular weight excluding hydrogens is 280 g/mol. The maximum atomic E-state index is 5.69. The first-order valence-electron chi connectivity index (χ1n) is 7.82. The molecule has 0 spiro atoms. The van der Waals surface area contributed by atoms with Gasteiger partial charge in [0, 0.05) is 50.5 Å². The van der Waals surface area contributed by atoms with Crippen LogP contribution in [0.1, 0.15) is 41.2 Å². The number of imidazole rings is 1. The molecule has 0 N–H and O–H groups in total. The molecule has 1 unspecified atom stereocenters. The van der Waals surface area contributed by atoms with E-state index < -0.39 is 0 Å². The first-order chi connectivity index (χ1) is 10.6. The summed E-state index contributed by atoms with van der Waals surface area (Å²) in [7, 11) is 2.06. The summed E-state index contributed by atoms with van der Waals surface area (Å²) >= 11 is 0. The van der Waals surface area contributed by atoms with Gasteiger partial charge >= 0.3 is 0 Å². The molecule has 2 aromatic heterocycles. The van der Waals surface area contributed by atoms with Gasteiger partial charge in [0.1, 0.15) is 5.76 Å². The minimum absolute atomic E-state index is 0.358. The fourth-order valence-electron chi connectivity index (χ4n) is 3.27. The Morgan fingerprint density at radius 2 is 2.23 bits per heavy atom. The second-order valence-corrected chi connectivity index (χ2v) is 6.02. The lowest BCUT2D eigenvalue weighted by Gasteiger charge is -2.32. The van der Waals surface area contributed by atoms with Crippen LogP contribution in [0.15, 0.2) is 10.9 Å². The second-order valence-electron chi connectivity index (χ2n) is 6.02. The minimum Gasteiger partial charge on any atom is -0.381 e. The predicted molar refractivity (Wildman–Crippen MR) is 82.5 cm³/mol. The Labute approximate surface area is 131 Å². The molecule has 0 bridgehead atoms. The number of aromatic nitrogens is 3. The van der Waals surface area contributed by atoms with Crippen LogP contribution in [-0.2, 0) is 24.9 Å². The first kappa shape index (κ1) is 15.2. The summed E-state index contributed by atoms with van der Waals surface area (Å²) < 4.78 is 13.1. The van der Waals surface area contributed by atoms with E-state index in [-0.39, 0.29) is 0 Å². The summed E-state index contributed by atoms with van der Waals surface area (Å²) in [6.07, 6.45) is 1.91. The van der Waals surface area contributed by atoms with Crippen molar-refractivity contribution in [3.63, 3.8) is 0 Å². The Bertz CT molecular complexity index is 627. The number of rotatable bonds is 5. The maximum absolute atomic E-state index is 5.69. The van der Waals surface area contributed by atoms with Crippen molar-refractivity contribution < 1.29 is 9.26 Å². The quantitative estimate of drug-likeness (QED) is 0.847. The first-order valence-corrected chi connectivity index (χ1v) is 7.82. The number of fused-ring (bicyclic) bond motifs is 1. The van der Waals surface area contributed by atoms with E-state index in [4.69, 9.17) is 9.26 Å². The molecule has 1 aliphatic rings. The molecule has 1 aliphatic heterocycles. The van der Waals surface area contributed by atoms with Gasteiger partial charge < -0.3 is 13.8 Å².